The Labute approximate surface area is 101 Å². The third-order valence-corrected chi connectivity index (χ3v) is 3.54. The highest BCUT2D eigenvalue weighted by Crippen LogP contribution is 2.18. The lowest BCUT2D eigenvalue weighted by molar-refractivity contribution is -0.138. The molecule has 0 aliphatic rings. The van der Waals surface area contributed by atoms with Gasteiger partial charge in [0.05, 0.1) is 0 Å². The molecule has 0 aliphatic carbocycles. The van der Waals surface area contributed by atoms with Gasteiger partial charge < -0.3 is 10.0 Å². The van der Waals surface area contributed by atoms with Crippen molar-refractivity contribution in [1.29, 1.82) is 0 Å². The molecule has 0 saturated carbocycles. The molecule has 1 rings (SSSR count). The van der Waals surface area contributed by atoms with Crippen LogP contribution in [-0.2, 0) is 11.3 Å². The van der Waals surface area contributed by atoms with Crippen LogP contribution >= 0.6 is 11.3 Å². The second kappa shape index (κ2) is 6.01. The van der Waals surface area contributed by atoms with E-state index >= 15 is 0 Å². The Bertz CT molecular complexity index is 349. The molecule has 1 atom stereocenters. The summed E-state index contributed by atoms with van der Waals surface area (Å²) in [5, 5.41) is 10.8. The Balaban J connectivity index is 2.39. The van der Waals surface area contributed by atoms with Gasteiger partial charge in [-0.05, 0) is 36.9 Å². The third-order valence-electron chi connectivity index (χ3n) is 2.53. The van der Waals surface area contributed by atoms with E-state index in [0.29, 0.717) is 0 Å². The van der Waals surface area contributed by atoms with Gasteiger partial charge in [0.1, 0.15) is 0 Å². The van der Waals surface area contributed by atoms with Gasteiger partial charge in [-0.2, -0.15) is 0 Å². The lowest BCUT2D eigenvalue weighted by Crippen LogP contribution is -2.25. The number of thiophene rings is 1. The molecule has 0 saturated heterocycles. The van der Waals surface area contributed by atoms with Crippen LogP contribution in [0.4, 0.5) is 0 Å². The maximum atomic E-state index is 10.5. The van der Waals surface area contributed by atoms with Crippen molar-refractivity contribution in [2.24, 2.45) is 5.92 Å². The van der Waals surface area contributed by atoms with Crippen LogP contribution in [0.3, 0.4) is 0 Å². The number of aliphatic carboxylic acids is 1. The van der Waals surface area contributed by atoms with E-state index in [0.717, 1.165) is 13.1 Å². The number of nitrogens with zero attached hydrogens (tertiary/aromatic N) is 1. The predicted octanol–water partition coefficient (Wildman–Crippen LogP) is 2.60. The quantitative estimate of drug-likeness (QED) is 0.832. The van der Waals surface area contributed by atoms with Crippen molar-refractivity contribution >= 4 is 17.3 Å². The van der Waals surface area contributed by atoms with Gasteiger partial charge in [0.25, 0.3) is 0 Å². The molecule has 1 unspecified atom stereocenters. The largest absolute Gasteiger partial charge is 0.481 e. The average Bonchev–Trinajstić information content (AvgIpc) is 2.49. The summed E-state index contributed by atoms with van der Waals surface area (Å²) >= 11 is 1.76. The van der Waals surface area contributed by atoms with Crippen LogP contribution in [-0.4, -0.2) is 29.6 Å². The van der Waals surface area contributed by atoms with Crippen LogP contribution in [0.2, 0.25) is 0 Å². The molecule has 1 aromatic rings. The predicted molar refractivity (Wildman–Crippen MR) is 66.8 cm³/mol. The number of carboxylic acids is 1. The summed E-state index contributed by atoms with van der Waals surface area (Å²) in [6.07, 6.45) is 0.244. The number of hydrogen-bond donors (Lipinski definition) is 1. The standard InChI is InChI=1S/C12H19NO2S/c1-9(6-12(14)15)7-13(3)8-11-10(2)4-5-16-11/h4-5,9H,6-8H2,1-3H3,(H,14,15). The Hall–Kier alpha value is -0.870. The average molecular weight is 241 g/mol. The summed E-state index contributed by atoms with van der Waals surface area (Å²) in [4.78, 5) is 14.1. The molecular formula is C12H19NO2S. The first kappa shape index (κ1) is 13.2. The van der Waals surface area contributed by atoms with Gasteiger partial charge in [0, 0.05) is 24.4 Å². The van der Waals surface area contributed by atoms with E-state index in [-0.39, 0.29) is 12.3 Å². The molecule has 0 radical (unpaired) electrons. The monoisotopic (exact) mass is 241 g/mol. The lowest BCUT2D eigenvalue weighted by Gasteiger charge is -2.20. The summed E-state index contributed by atoms with van der Waals surface area (Å²) in [5.41, 5.74) is 1.32. The van der Waals surface area contributed by atoms with E-state index in [1.807, 2.05) is 14.0 Å². The van der Waals surface area contributed by atoms with Gasteiger partial charge >= 0.3 is 5.97 Å². The van der Waals surface area contributed by atoms with Crippen molar-refractivity contribution in [2.75, 3.05) is 13.6 Å². The van der Waals surface area contributed by atoms with Crippen LogP contribution in [0, 0.1) is 12.8 Å². The highest BCUT2D eigenvalue weighted by atomic mass is 32.1. The fraction of sp³-hybridized carbons (Fsp3) is 0.583. The lowest BCUT2D eigenvalue weighted by atomic mass is 10.1. The summed E-state index contributed by atoms with van der Waals surface area (Å²) < 4.78 is 0. The second-order valence-corrected chi connectivity index (χ2v) is 5.43. The maximum Gasteiger partial charge on any atom is 0.303 e. The zero-order valence-electron chi connectivity index (χ0n) is 10.1. The van der Waals surface area contributed by atoms with Gasteiger partial charge in [0.2, 0.25) is 0 Å². The second-order valence-electron chi connectivity index (χ2n) is 4.43. The molecule has 16 heavy (non-hydrogen) atoms. The van der Waals surface area contributed by atoms with E-state index in [2.05, 4.69) is 23.3 Å². The number of hydrogen-bond acceptors (Lipinski definition) is 3. The van der Waals surface area contributed by atoms with E-state index in [9.17, 15) is 4.79 Å². The van der Waals surface area contributed by atoms with Crippen molar-refractivity contribution < 1.29 is 9.90 Å². The van der Waals surface area contributed by atoms with Crippen molar-refractivity contribution in [3.05, 3.63) is 21.9 Å². The summed E-state index contributed by atoms with van der Waals surface area (Å²) in [5.74, 6) is -0.518. The SMILES string of the molecule is Cc1ccsc1CN(C)CC(C)CC(=O)O. The van der Waals surface area contributed by atoms with Crippen LogP contribution < -0.4 is 0 Å². The smallest absolute Gasteiger partial charge is 0.303 e. The zero-order valence-corrected chi connectivity index (χ0v) is 10.9. The Kier molecular flexibility index (Phi) is 4.96. The van der Waals surface area contributed by atoms with E-state index in [1.54, 1.807) is 11.3 Å². The Morgan fingerprint density at radius 3 is 2.81 bits per heavy atom. The molecule has 0 bridgehead atoms. The molecule has 1 aromatic heterocycles. The van der Waals surface area contributed by atoms with Gasteiger partial charge in [-0.1, -0.05) is 6.92 Å². The number of rotatable bonds is 6. The van der Waals surface area contributed by atoms with Crippen LogP contribution in [0.25, 0.3) is 0 Å². The molecule has 3 nitrogen and oxygen atoms in total. The highest BCUT2D eigenvalue weighted by molar-refractivity contribution is 7.10. The molecule has 4 heteroatoms. The normalized spacial score (nSPS) is 13.0. The van der Waals surface area contributed by atoms with Crippen molar-refractivity contribution in [1.82, 2.24) is 4.90 Å². The fourth-order valence-corrected chi connectivity index (χ4v) is 2.76. The number of carbonyl (C=O) groups is 1. The van der Waals surface area contributed by atoms with Gasteiger partial charge in [0.15, 0.2) is 0 Å². The van der Waals surface area contributed by atoms with Crippen molar-refractivity contribution in [2.45, 2.75) is 26.8 Å². The highest BCUT2D eigenvalue weighted by Gasteiger charge is 2.11. The van der Waals surface area contributed by atoms with E-state index in [4.69, 9.17) is 5.11 Å². The molecular weight excluding hydrogens is 222 g/mol. The molecule has 1 N–H and O–H groups in total. The number of aryl methyl sites for hydroxylation is 1. The molecule has 0 spiro atoms. The Morgan fingerprint density at radius 1 is 1.62 bits per heavy atom. The minimum atomic E-state index is -0.715. The Morgan fingerprint density at radius 2 is 2.31 bits per heavy atom. The van der Waals surface area contributed by atoms with Crippen molar-refractivity contribution in [3.63, 3.8) is 0 Å². The summed E-state index contributed by atoms with van der Waals surface area (Å²) in [7, 11) is 2.04. The minimum Gasteiger partial charge on any atom is -0.481 e. The first-order valence-corrected chi connectivity index (χ1v) is 6.30. The third kappa shape index (κ3) is 4.33. The number of carboxylic acid groups (broad SMARTS) is 1. The summed E-state index contributed by atoms with van der Waals surface area (Å²) in [6.45, 7) is 5.82. The molecule has 0 aromatic carbocycles. The van der Waals surface area contributed by atoms with Crippen LogP contribution in [0.1, 0.15) is 23.8 Å². The topological polar surface area (TPSA) is 40.5 Å². The van der Waals surface area contributed by atoms with Crippen LogP contribution in [0.15, 0.2) is 11.4 Å². The van der Waals surface area contributed by atoms with E-state index in [1.165, 1.54) is 10.4 Å². The first-order valence-electron chi connectivity index (χ1n) is 5.42. The molecule has 0 aliphatic heterocycles. The molecule has 90 valence electrons. The van der Waals surface area contributed by atoms with Gasteiger partial charge in [-0.3, -0.25) is 4.79 Å². The van der Waals surface area contributed by atoms with Crippen molar-refractivity contribution in [3.8, 4) is 0 Å². The van der Waals surface area contributed by atoms with E-state index < -0.39 is 5.97 Å². The molecule has 0 amide bonds. The van der Waals surface area contributed by atoms with Gasteiger partial charge in [-0.15, -0.1) is 11.3 Å². The minimum absolute atomic E-state index is 0.197. The summed E-state index contributed by atoms with van der Waals surface area (Å²) in [6, 6.07) is 2.12. The van der Waals surface area contributed by atoms with Gasteiger partial charge in [-0.25, -0.2) is 0 Å². The first-order chi connectivity index (χ1) is 7.49. The molecule has 1 heterocycles. The zero-order chi connectivity index (χ0) is 12.1. The maximum absolute atomic E-state index is 10.5. The van der Waals surface area contributed by atoms with Crippen LogP contribution in [0.5, 0.6) is 0 Å². The fourth-order valence-electron chi connectivity index (χ4n) is 1.77. The molecule has 0 fully saturated rings.